The topological polar surface area (TPSA) is 78.9 Å². The van der Waals surface area contributed by atoms with Crippen molar-refractivity contribution < 1.29 is 17.5 Å². The Morgan fingerprint density at radius 1 is 1.00 bits per heavy atom. The molecule has 2 aliphatic heterocycles. The van der Waals surface area contributed by atoms with Crippen molar-refractivity contribution in [3.05, 3.63) is 70.6 Å². The molecule has 0 N–H and O–H groups in total. The first-order chi connectivity index (χ1) is 16.8. The number of nitrogens with zero attached hydrogens (tertiary/aromatic N) is 5. The predicted molar refractivity (Wildman–Crippen MR) is 131 cm³/mol. The molecular weight excluding hydrogens is 493 g/mol. The van der Waals surface area contributed by atoms with Crippen LogP contribution < -0.4 is 9.64 Å². The molecule has 0 unspecified atom stereocenters. The van der Waals surface area contributed by atoms with Crippen LogP contribution in [0.25, 0.3) is 0 Å². The Bertz CT molecular complexity index is 1330. The molecule has 1 aromatic heterocycles. The lowest BCUT2D eigenvalue weighted by molar-refractivity contribution is 0.310. The second kappa shape index (κ2) is 9.69. The van der Waals surface area contributed by atoms with E-state index < -0.39 is 10.0 Å². The number of hydrogen-bond acceptors (Lipinski definition) is 7. The summed E-state index contributed by atoms with van der Waals surface area (Å²) in [7, 11) is -1.71. The van der Waals surface area contributed by atoms with E-state index in [4.69, 9.17) is 26.3 Å². The minimum Gasteiger partial charge on any atom is -0.438 e. The van der Waals surface area contributed by atoms with Crippen LogP contribution in [-0.2, 0) is 23.0 Å². The summed E-state index contributed by atoms with van der Waals surface area (Å²) in [6, 6.07) is 11.9. The third kappa shape index (κ3) is 5.11. The Labute approximate surface area is 209 Å². The highest BCUT2D eigenvalue weighted by molar-refractivity contribution is 7.89. The largest absolute Gasteiger partial charge is 0.438 e. The molecule has 0 atom stereocenters. The van der Waals surface area contributed by atoms with E-state index in [1.165, 1.54) is 40.7 Å². The highest BCUT2D eigenvalue weighted by Gasteiger charge is 2.33. The number of aromatic nitrogens is 2. The van der Waals surface area contributed by atoms with Gasteiger partial charge in [0.25, 0.3) is 0 Å². The van der Waals surface area contributed by atoms with Gasteiger partial charge in [0.05, 0.1) is 16.2 Å². The maximum absolute atomic E-state index is 13.4. The molecule has 0 radical (unpaired) electrons. The Kier molecular flexibility index (Phi) is 6.63. The minimum absolute atomic E-state index is 0.0593. The van der Waals surface area contributed by atoms with Crippen LogP contribution in [0.15, 0.2) is 53.4 Å². The predicted octanol–water partition coefficient (Wildman–Crippen LogP) is 3.56. The van der Waals surface area contributed by atoms with E-state index in [9.17, 15) is 12.8 Å². The molecule has 3 aromatic rings. The summed E-state index contributed by atoms with van der Waals surface area (Å²) in [5.41, 5.74) is 1.35. The van der Waals surface area contributed by atoms with Crippen molar-refractivity contribution in [1.29, 1.82) is 0 Å². The molecule has 2 aromatic carbocycles. The molecule has 0 saturated carbocycles. The number of piperazine rings is 1. The standard InChI is InChI=1S/C24H25ClFN5O3S/c1-29-11-13-30(14-12-29)24-27-22-9-10-31(35(32,33)20-4-2-3-17(25)15-20)16-21(22)23(28-24)34-19-7-5-18(26)6-8-19/h2-8,15H,9-14,16H2,1H3. The third-order valence-corrected chi connectivity index (χ3v) is 8.30. The Hall–Kier alpha value is -2.79. The second-order valence-electron chi connectivity index (χ2n) is 8.65. The van der Waals surface area contributed by atoms with Crippen molar-refractivity contribution >= 4 is 27.6 Å². The molecule has 184 valence electrons. The van der Waals surface area contributed by atoms with Gasteiger partial charge in [-0.2, -0.15) is 9.29 Å². The number of benzene rings is 2. The van der Waals surface area contributed by atoms with E-state index in [1.807, 2.05) is 0 Å². The van der Waals surface area contributed by atoms with Crippen LogP contribution in [0, 0.1) is 5.82 Å². The molecule has 5 rings (SSSR count). The fourth-order valence-corrected chi connectivity index (χ4v) is 5.89. The molecule has 0 spiro atoms. The van der Waals surface area contributed by atoms with Gasteiger partial charge in [-0.1, -0.05) is 17.7 Å². The number of anilines is 1. The lowest BCUT2D eigenvalue weighted by Crippen LogP contribution is -2.45. The van der Waals surface area contributed by atoms with Crippen LogP contribution in [0.3, 0.4) is 0 Å². The van der Waals surface area contributed by atoms with Crippen molar-refractivity contribution in [3.63, 3.8) is 0 Å². The summed E-state index contributed by atoms with van der Waals surface area (Å²) in [6.07, 6.45) is 0.415. The van der Waals surface area contributed by atoms with Gasteiger partial charge in [-0.05, 0) is 49.5 Å². The zero-order chi connectivity index (χ0) is 24.6. The first-order valence-corrected chi connectivity index (χ1v) is 13.1. The molecule has 35 heavy (non-hydrogen) atoms. The molecule has 0 aliphatic carbocycles. The number of sulfonamides is 1. The van der Waals surface area contributed by atoms with Crippen LogP contribution in [-0.4, -0.2) is 67.4 Å². The lowest BCUT2D eigenvalue weighted by Gasteiger charge is -2.34. The number of ether oxygens (including phenoxy) is 1. The summed E-state index contributed by atoms with van der Waals surface area (Å²) >= 11 is 6.04. The van der Waals surface area contributed by atoms with Gasteiger partial charge in [-0.3, -0.25) is 0 Å². The molecular formula is C24H25ClFN5O3S. The molecule has 11 heteroatoms. The normalized spacial score (nSPS) is 17.3. The van der Waals surface area contributed by atoms with Crippen LogP contribution in [0.2, 0.25) is 5.02 Å². The van der Waals surface area contributed by atoms with Crippen molar-refractivity contribution in [2.24, 2.45) is 0 Å². The summed E-state index contributed by atoms with van der Waals surface area (Å²) in [5, 5.41) is 0.351. The third-order valence-electron chi connectivity index (χ3n) is 6.22. The van der Waals surface area contributed by atoms with Gasteiger partial charge in [0.2, 0.25) is 21.9 Å². The summed E-state index contributed by atoms with van der Waals surface area (Å²) in [5.74, 6) is 0.868. The van der Waals surface area contributed by atoms with E-state index in [2.05, 4.69) is 16.8 Å². The molecule has 2 aliphatic rings. The van der Waals surface area contributed by atoms with Crippen LogP contribution in [0.4, 0.5) is 10.3 Å². The van der Waals surface area contributed by atoms with E-state index >= 15 is 0 Å². The van der Waals surface area contributed by atoms with Crippen LogP contribution >= 0.6 is 11.6 Å². The van der Waals surface area contributed by atoms with Crippen molar-refractivity contribution in [2.75, 3.05) is 44.7 Å². The molecule has 1 saturated heterocycles. The summed E-state index contributed by atoms with van der Waals surface area (Å²) < 4.78 is 47.6. The van der Waals surface area contributed by atoms with Crippen molar-refractivity contribution in [1.82, 2.24) is 19.2 Å². The summed E-state index contributed by atoms with van der Waals surface area (Å²) in [6.45, 7) is 3.67. The highest BCUT2D eigenvalue weighted by atomic mass is 35.5. The van der Waals surface area contributed by atoms with Gasteiger partial charge in [-0.15, -0.1) is 0 Å². The lowest BCUT2D eigenvalue weighted by atomic mass is 10.1. The number of hydrogen-bond donors (Lipinski definition) is 0. The van der Waals surface area contributed by atoms with E-state index in [-0.39, 0.29) is 29.7 Å². The highest BCUT2D eigenvalue weighted by Crippen LogP contribution is 2.34. The molecule has 8 nitrogen and oxygen atoms in total. The fraction of sp³-hybridized carbons (Fsp3) is 0.333. The monoisotopic (exact) mass is 517 g/mol. The number of fused-ring (bicyclic) bond motifs is 1. The van der Waals surface area contributed by atoms with Crippen molar-refractivity contribution in [3.8, 4) is 11.6 Å². The van der Waals surface area contributed by atoms with Gasteiger partial charge in [0.1, 0.15) is 11.6 Å². The smallest absolute Gasteiger partial charge is 0.243 e. The second-order valence-corrected chi connectivity index (χ2v) is 11.0. The Balaban J connectivity index is 1.51. The summed E-state index contributed by atoms with van der Waals surface area (Å²) in [4.78, 5) is 14.0. The number of likely N-dealkylation sites (N-methyl/N-ethyl adjacent to an activating group) is 1. The maximum atomic E-state index is 13.4. The van der Waals surface area contributed by atoms with E-state index in [0.29, 0.717) is 28.7 Å². The van der Waals surface area contributed by atoms with Gasteiger partial charge in [0, 0.05) is 50.7 Å². The van der Waals surface area contributed by atoms with Gasteiger partial charge >= 0.3 is 0 Å². The first kappa shape index (κ1) is 23.9. The molecule has 1 fully saturated rings. The average Bonchev–Trinajstić information content (AvgIpc) is 2.85. The van der Waals surface area contributed by atoms with Crippen molar-refractivity contribution in [2.45, 2.75) is 17.9 Å². The average molecular weight is 518 g/mol. The minimum atomic E-state index is -3.79. The quantitative estimate of drug-likeness (QED) is 0.512. The van der Waals surface area contributed by atoms with Gasteiger partial charge in [-0.25, -0.2) is 17.8 Å². The van der Waals surface area contributed by atoms with Gasteiger partial charge in [0.15, 0.2) is 0 Å². The molecule has 0 bridgehead atoms. The SMILES string of the molecule is CN1CCN(c2nc3c(c(Oc4ccc(F)cc4)n2)CN(S(=O)(=O)c2cccc(Cl)c2)CC3)CC1. The van der Waals surface area contributed by atoms with E-state index in [0.717, 1.165) is 31.9 Å². The number of rotatable bonds is 5. The first-order valence-electron chi connectivity index (χ1n) is 11.3. The Morgan fingerprint density at radius 2 is 1.74 bits per heavy atom. The zero-order valence-electron chi connectivity index (χ0n) is 19.2. The Morgan fingerprint density at radius 3 is 2.46 bits per heavy atom. The van der Waals surface area contributed by atoms with E-state index in [1.54, 1.807) is 12.1 Å². The fourth-order valence-electron chi connectivity index (χ4n) is 4.17. The maximum Gasteiger partial charge on any atom is 0.243 e. The molecule has 0 amide bonds. The van der Waals surface area contributed by atoms with Crippen LogP contribution in [0.1, 0.15) is 11.3 Å². The van der Waals surface area contributed by atoms with Gasteiger partial charge < -0.3 is 14.5 Å². The zero-order valence-corrected chi connectivity index (χ0v) is 20.8. The molecule has 3 heterocycles. The number of halogens is 2. The van der Waals surface area contributed by atoms with Crippen LogP contribution in [0.5, 0.6) is 11.6 Å².